The minimum absolute atomic E-state index is 0.174. The zero-order chi connectivity index (χ0) is 26.7. The molecule has 194 valence electrons. The van der Waals surface area contributed by atoms with Gasteiger partial charge in [-0.3, -0.25) is 9.36 Å². The maximum Gasteiger partial charge on any atom is 0.338 e. The van der Waals surface area contributed by atoms with E-state index in [1.807, 2.05) is 61.5 Å². The Bertz CT molecular complexity index is 1480. The number of anilines is 2. The quantitative estimate of drug-likeness (QED) is 0.426. The Labute approximate surface area is 221 Å². The van der Waals surface area contributed by atoms with Crippen LogP contribution in [0.5, 0.6) is 0 Å². The summed E-state index contributed by atoms with van der Waals surface area (Å²) in [7, 11) is 3.95. The van der Waals surface area contributed by atoms with E-state index in [0.717, 1.165) is 35.6 Å². The average Bonchev–Trinajstić information content (AvgIpc) is 3.19. The molecule has 7 nitrogen and oxygen atoms in total. The zero-order valence-electron chi connectivity index (χ0n) is 22.3. The number of hydrogen-bond acceptors (Lipinski definition) is 7. The third-order valence-electron chi connectivity index (χ3n) is 6.56. The van der Waals surface area contributed by atoms with Crippen LogP contribution in [0.2, 0.25) is 0 Å². The minimum atomic E-state index is -0.612. The molecule has 37 heavy (non-hydrogen) atoms. The summed E-state index contributed by atoms with van der Waals surface area (Å²) in [5, 5.41) is 0. The lowest BCUT2D eigenvalue weighted by Gasteiger charge is -2.25. The molecule has 8 heteroatoms. The molecule has 1 aromatic heterocycles. The standard InChI is InChI=1S/C29H34N4O3S/c1-7-32(8-2)23-14-10-20(11-15-23)18-24-27(34)33-26(21-12-16-22(17-13-21)31(5)6)25(28(35)36-9-3)19(4)30-29(33)37-24/h10-18,26H,7-9H2,1-6H3/b24-18-. The van der Waals surface area contributed by atoms with E-state index < -0.39 is 12.0 Å². The van der Waals surface area contributed by atoms with Crippen molar-refractivity contribution in [2.75, 3.05) is 43.6 Å². The molecular formula is C29H34N4O3S. The second-order valence-electron chi connectivity index (χ2n) is 9.05. The van der Waals surface area contributed by atoms with Gasteiger partial charge in [-0.15, -0.1) is 0 Å². The van der Waals surface area contributed by atoms with Gasteiger partial charge >= 0.3 is 5.97 Å². The number of thiazole rings is 1. The van der Waals surface area contributed by atoms with Crippen molar-refractivity contribution >= 4 is 34.8 Å². The van der Waals surface area contributed by atoms with Crippen LogP contribution in [-0.2, 0) is 9.53 Å². The van der Waals surface area contributed by atoms with Crippen LogP contribution in [0.25, 0.3) is 6.08 Å². The van der Waals surface area contributed by atoms with E-state index in [1.54, 1.807) is 18.4 Å². The van der Waals surface area contributed by atoms with Crippen molar-refractivity contribution in [1.29, 1.82) is 0 Å². The van der Waals surface area contributed by atoms with Gasteiger partial charge in [0, 0.05) is 38.6 Å². The van der Waals surface area contributed by atoms with Crippen molar-refractivity contribution in [3.8, 4) is 0 Å². The van der Waals surface area contributed by atoms with Gasteiger partial charge < -0.3 is 14.5 Å². The van der Waals surface area contributed by atoms with Crippen molar-refractivity contribution in [1.82, 2.24) is 4.57 Å². The Balaban J connectivity index is 1.84. The molecular weight excluding hydrogens is 484 g/mol. The van der Waals surface area contributed by atoms with Crippen LogP contribution in [0.1, 0.15) is 44.9 Å². The smallest absolute Gasteiger partial charge is 0.338 e. The van der Waals surface area contributed by atoms with Gasteiger partial charge in [0.1, 0.15) is 0 Å². The summed E-state index contributed by atoms with van der Waals surface area (Å²) in [4.78, 5) is 36.3. The first kappa shape index (κ1) is 26.4. The lowest BCUT2D eigenvalue weighted by Crippen LogP contribution is -2.39. The van der Waals surface area contributed by atoms with Crippen molar-refractivity contribution in [3.05, 3.63) is 90.6 Å². The summed E-state index contributed by atoms with van der Waals surface area (Å²) in [5.74, 6) is -0.452. The highest BCUT2D eigenvalue weighted by molar-refractivity contribution is 7.07. The van der Waals surface area contributed by atoms with Crippen LogP contribution in [-0.4, -0.2) is 44.3 Å². The van der Waals surface area contributed by atoms with Crippen molar-refractivity contribution < 1.29 is 9.53 Å². The second kappa shape index (κ2) is 11.2. The molecule has 4 rings (SSSR count). The average molecular weight is 519 g/mol. The summed E-state index contributed by atoms with van der Waals surface area (Å²) in [5.41, 5.74) is 4.74. The lowest BCUT2D eigenvalue weighted by molar-refractivity contribution is -0.139. The molecule has 0 fully saturated rings. The predicted molar refractivity (Wildman–Crippen MR) is 151 cm³/mol. The third kappa shape index (κ3) is 5.25. The van der Waals surface area contributed by atoms with Crippen molar-refractivity contribution in [2.45, 2.75) is 33.7 Å². The number of rotatable bonds is 8. The molecule has 0 saturated carbocycles. The maximum absolute atomic E-state index is 13.8. The fourth-order valence-corrected chi connectivity index (χ4v) is 5.63. The number of ether oxygens (including phenoxy) is 1. The second-order valence-corrected chi connectivity index (χ2v) is 10.1. The van der Waals surface area contributed by atoms with Gasteiger partial charge in [0.05, 0.1) is 28.5 Å². The number of hydrogen-bond donors (Lipinski definition) is 0. The Hall–Kier alpha value is -3.65. The van der Waals surface area contributed by atoms with E-state index in [4.69, 9.17) is 4.74 Å². The molecule has 0 bridgehead atoms. The molecule has 0 amide bonds. The SMILES string of the molecule is CCOC(=O)C1=C(C)N=c2s/c(=C\c3ccc(N(CC)CC)cc3)c(=O)n2C1c1ccc(N(C)C)cc1. The summed E-state index contributed by atoms with van der Waals surface area (Å²) in [6.07, 6.45) is 1.89. The molecule has 0 N–H and O–H groups in total. The first-order valence-electron chi connectivity index (χ1n) is 12.6. The number of benzene rings is 2. The lowest BCUT2D eigenvalue weighted by atomic mass is 9.95. The van der Waals surface area contributed by atoms with E-state index in [0.29, 0.717) is 20.6 Å². The molecule has 0 radical (unpaired) electrons. The number of carbonyl (C=O) groups is 1. The number of carbonyl (C=O) groups excluding carboxylic acids is 1. The summed E-state index contributed by atoms with van der Waals surface area (Å²) in [6.45, 7) is 9.96. The highest BCUT2D eigenvalue weighted by atomic mass is 32.1. The largest absolute Gasteiger partial charge is 0.463 e. The Kier molecular flexibility index (Phi) is 7.97. The van der Waals surface area contributed by atoms with Gasteiger partial charge in [0.15, 0.2) is 4.80 Å². The third-order valence-corrected chi connectivity index (χ3v) is 7.54. The van der Waals surface area contributed by atoms with Gasteiger partial charge in [-0.05, 0) is 69.2 Å². The van der Waals surface area contributed by atoms with Crippen molar-refractivity contribution in [2.24, 2.45) is 4.99 Å². The first-order chi connectivity index (χ1) is 17.8. The fourth-order valence-electron chi connectivity index (χ4n) is 4.58. The molecule has 0 spiro atoms. The monoisotopic (exact) mass is 518 g/mol. The number of aromatic nitrogens is 1. The summed E-state index contributed by atoms with van der Waals surface area (Å²) < 4.78 is 7.58. The summed E-state index contributed by atoms with van der Waals surface area (Å²) >= 11 is 1.34. The first-order valence-corrected chi connectivity index (χ1v) is 13.4. The van der Waals surface area contributed by atoms with Gasteiger partial charge in [-0.1, -0.05) is 35.6 Å². The normalized spacial score (nSPS) is 15.3. The molecule has 2 aromatic carbocycles. The molecule has 3 aromatic rings. The van der Waals surface area contributed by atoms with E-state index in [1.165, 1.54) is 11.3 Å². The molecule has 1 unspecified atom stereocenters. The molecule has 0 saturated heterocycles. The highest BCUT2D eigenvalue weighted by Gasteiger charge is 2.33. The number of esters is 1. The Morgan fingerprint density at radius 1 is 1.03 bits per heavy atom. The molecule has 2 heterocycles. The minimum Gasteiger partial charge on any atom is -0.463 e. The van der Waals surface area contributed by atoms with Crippen LogP contribution in [0.3, 0.4) is 0 Å². The van der Waals surface area contributed by atoms with Crippen LogP contribution >= 0.6 is 11.3 Å². The zero-order valence-corrected chi connectivity index (χ0v) is 23.1. The van der Waals surface area contributed by atoms with Crippen LogP contribution in [0.4, 0.5) is 11.4 Å². The highest BCUT2D eigenvalue weighted by Crippen LogP contribution is 2.31. The van der Waals surface area contributed by atoms with Gasteiger partial charge in [0.2, 0.25) is 0 Å². The number of fused-ring (bicyclic) bond motifs is 1. The van der Waals surface area contributed by atoms with E-state index >= 15 is 0 Å². The van der Waals surface area contributed by atoms with Crippen LogP contribution in [0, 0.1) is 0 Å². The topological polar surface area (TPSA) is 67.1 Å². The van der Waals surface area contributed by atoms with E-state index in [2.05, 4.69) is 35.9 Å². The predicted octanol–water partition coefficient (Wildman–Crippen LogP) is 3.71. The molecule has 1 aliphatic rings. The molecule has 1 aliphatic heterocycles. The van der Waals surface area contributed by atoms with Crippen molar-refractivity contribution in [3.63, 3.8) is 0 Å². The molecule has 0 aliphatic carbocycles. The number of allylic oxidation sites excluding steroid dienone is 1. The Morgan fingerprint density at radius 3 is 2.22 bits per heavy atom. The van der Waals surface area contributed by atoms with Gasteiger partial charge in [-0.2, -0.15) is 0 Å². The van der Waals surface area contributed by atoms with Crippen LogP contribution in [0.15, 0.2) is 69.6 Å². The Morgan fingerprint density at radius 2 is 1.65 bits per heavy atom. The molecule has 1 atom stereocenters. The van der Waals surface area contributed by atoms with E-state index in [-0.39, 0.29) is 12.2 Å². The van der Waals surface area contributed by atoms with Gasteiger partial charge in [-0.25, -0.2) is 9.79 Å². The van der Waals surface area contributed by atoms with E-state index in [9.17, 15) is 9.59 Å². The number of nitrogens with zero attached hydrogens (tertiary/aromatic N) is 4. The fraction of sp³-hybridized carbons (Fsp3) is 0.345. The maximum atomic E-state index is 13.8. The van der Waals surface area contributed by atoms with Gasteiger partial charge in [0.25, 0.3) is 5.56 Å². The summed E-state index contributed by atoms with van der Waals surface area (Å²) in [6, 6.07) is 15.5. The van der Waals surface area contributed by atoms with Crippen LogP contribution < -0.4 is 24.7 Å².